The second kappa shape index (κ2) is 5.72. The maximum atomic E-state index is 12.6. The van der Waals surface area contributed by atoms with E-state index in [4.69, 9.17) is 4.42 Å². The van der Waals surface area contributed by atoms with E-state index in [1.54, 1.807) is 35.1 Å². The average molecular weight is 320 g/mol. The maximum Gasteiger partial charge on any atom is 0.311 e. The molecule has 1 aromatic heterocycles. The molecule has 2 unspecified atom stereocenters. The van der Waals surface area contributed by atoms with Gasteiger partial charge in [0, 0.05) is 26.1 Å². The van der Waals surface area contributed by atoms with E-state index in [1.807, 2.05) is 0 Å². The van der Waals surface area contributed by atoms with E-state index in [0.29, 0.717) is 31.8 Å². The Bertz CT molecular complexity index is 626. The molecule has 2 atom stereocenters. The van der Waals surface area contributed by atoms with Gasteiger partial charge in [-0.1, -0.05) is 0 Å². The number of rotatable bonds is 4. The number of likely N-dealkylation sites (tertiary alicyclic amines) is 2. The molecule has 2 fully saturated rings. The minimum Gasteiger partial charge on any atom is -0.481 e. The maximum absolute atomic E-state index is 12.6. The Kier molecular flexibility index (Phi) is 3.87. The van der Waals surface area contributed by atoms with Gasteiger partial charge < -0.3 is 19.3 Å². The van der Waals surface area contributed by atoms with Crippen molar-refractivity contribution in [3.63, 3.8) is 0 Å². The number of aliphatic carboxylic acids is 1. The molecule has 2 aliphatic rings. The Morgan fingerprint density at radius 3 is 2.87 bits per heavy atom. The fourth-order valence-electron chi connectivity index (χ4n) is 3.26. The lowest BCUT2D eigenvalue weighted by Gasteiger charge is -2.22. The molecule has 1 aromatic rings. The van der Waals surface area contributed by atoms with Crippen LogP contribution in [0.4, 0.5) is 0 Å². The van der Waals surface area contributed by atoms with Gasteiger partial charge in [0.1, 0.15) is 5.76 Å². The molecule has 7 heteroatoms. The van der Waals surface area contributed by atoms with Crippen molar-refractivity contribution in [1.29, 1.82) is 0 Å². The molecule has 0 radical (unpaired) electrons. The number of hydrogen-bond acceptors (Lipinski definition) is 4. The zero-order valence-corrected chi connectivity index (χ0v) is 13.0. The third-order valence-corrected chi connectivity index (χ3v) is 4.79. The van der Waals surface area contributed by atoms with Gasteiger partial charge in [-0.2, -0.15) is 0 Å². The number of carbonyl (C=O) groups is 3. The van der Waals surface area contributed by atoms with Crippen LogP contribution in [-0.2, 0) is 20.9 Å². The molecule has 0 aliphatic carbocycles. The topological polar surface area (TPSA) is 91.1 Å². The van der Waals surface area contributed by atoms with Gasteiger partial charge in [-0.15, -0.1) is 0 Å². The highest BCUT2D eigenvalue weighted by molar-refractivity contribution is 5.90. The molecule has 23 heavy (non-hydrogen) atoms. The molecule has 0 saturated carbocycles. The van der Waals surface area contributed by atoms with Crippen LogP contribution in [-0.4, -0.2) is 52.3 Å². The highest BCUT2D eigenvalue weighted by Crippen LogP contribution is 2.32. The van der Waals surface area contributed by atoms with Crippen LogP contribution >= 0.6 is 0 Å². The third-order valence-electron chi connectivity index (χ3n) is 4.79. The number of carbonyl (C=O) groups excluding carboxylic acids is 2. The van der Waals surface area contributed by atoms with Crippen molar-refractivity contribution in [2.45, 2.75) is 26.3 Å². The highest BCUT2D eigenvalue weighted by Gasteiger charge is 2.45. The molecule has 2 amide bonds. The van der Waals surface area contributed by atoms with E-state index in [-0.39, 0.29) is 24.8 Å². The predicted octanol–water partition coefficient (Wildman–Crippen LogP) is 0.951. The normalized spacial score (nSPS) is 27.7. The molecule has 7 nitrogen and oxygen atoms in total. The minimum absolute atomic E-state index is 0.0695. The largest absolute Gasteiger partial charge is 0.481 e. The summed E-state index contributed by atoms with van der Waals surface area (Å²) in [5, 5.41) is 9.25. The fraction of sp³-hybridized carbons (Fsp3) is 0.562. The van der Waals surface area contributed by atoms with Crippen molar-refractivity contribution in [2.24, 2.45) is 11.3 Å². The van der Waals surface area contributed by atoms with Crippen molar-refractivity contribution in [1.82, 2.24) is 9.80 Å². The van der Waals surface area contributed by atoms with Crippen LogP contribution in [0.3, 0.4) is 0 Å². The zero-order chi connectivity index (χ0) is 16.6. The Labute approximate surface area is 133 Å². The number of carboxylic acid groups (broad SMARTS) is 1. The summed E-state index contributed by atoms with van der Waals surface area (Å²) in [6.07, 6.45) is 2.18. The number of carboxylic acids is 1. The zero-order valence-electron chi connectivity index (χ0n) is 13.0. The van der Waals surface area contributed by atoms with E-state index >= 15 is 0 Å². The second-order valence-corrected chi connectivity index (χ2v) is 6.63. The molecule has 3 rings (SSSR count). The van der Waals surface area contributed by atoms with Crippen LogP contribution in [0.2, 0.25) is 0 Å². The van der Waals surface area contributed by atoms with Crippen LogP contribution in [0.1, 0.15) is 25.5 Å². The number of furan rings is 1. The lowest BCUT2D eigenvalue weighted by molar-refractivity contribution is -0.147. The van der Waals surface area contributed by atoms with Gasteiger partial charge in [0.2, 0.25) is 11.8 Å². The van der Waals surface area contributed by atoms with E-state index in [2.05, 4.69) is 0 Å². The summed E-state index contributed by atoms with van der Waals surface area (Å²) in [6, 6.07) is 3.55. The lowest BCUT2D eigenvalue weighted by Crippen LogP contribution is -2.38. The van der Waals surface area contributed by atoms with Crippen LogP contribution in [0, 0.1) is 11.3 Å². The van der Waals surface area contributed by atoms with Crippen molar-refractivity contribution in [2.75, 3.05) is 19.6 Å². The van der Waals surface area contributed by atoms with Gasteiger partial charge in [-0.3, -0.25) is 14.4 Å². The molecule has 2 aliphatic heterocycles. The van der Waals surface area contributed by atoms with Gasteiger partial charge in [0.15, 0.2) is 0 Å². The standard InChI is InChI=1S/C16H20N2O5/c1-16(15(21)22)4-5-17(10-16)14(20)11-7-13(19)18(8-11)9-12-3-2-6-23-12/h2-3,6,11H,4-5,7-10H2,1H3,(H,21,22). The number of nitrogens with zero attached hydrogens (tertiary/aromatic N) is 2. The summed E-state index contributed by atoms with van der Waals surface area (Å²) in [5.41, 5.74) is -0.883. The molecule has 0 spiro atoms. The van der Waals surface area contributed by atoms with Crippen LogP contribution < -0.4 is 0 Å². The van der Waals surface area contributed by atoms with Crippen LogP contribution in [0.5, 0.6) is 0 Å². The molecule has 1 N–H and O–H groups in total. The van der Waals surface area contributed by atoms with Gasteiger partial charge in [0.25, 0.3) is 0 Å². The summed E-state index contributed by atoms with van der Waals surface area (Å²) >= 11 is 0. The van der Waals surface area contributed by atoms with Gasteiger partial charge in [0.05, 0.1) is 24.1 Å². The Balaban J connectivity index is 1.61. The molecule has 3 heterocycles. The minimum atomic E-state index is -0.883. The van der Waals surface area contributed by atoms with Crippen molar-refractivity contribution in [3.8, 4) is 0 Å². The second-order valence-electron chi connectivity index (χ2n) is 6.63. The molecular weight excluding hydrogens is 300 g/mol. The molecule has 0 bridgehead atoms. The van der Waals surface area contributed by atoms with Crippen molar-refractivity contribution >= 4 is 17.8 Å². The molecule has 124 valence electrons. The SMILES string of the molecule is CC1(C(=O)O)CCN(C(=O)C2CC(=O)N(Cc3ccco3)C2)C1. The first-order valence-electron chi connectivity index (χ1n) is 7.71. The Morgan fingerprint density at radius 1 is 1.48 bits per heavy atom. The highest BCUT2D eigenvalue weighted by atomic mass is 16.4. The van der Waals surface area contributed by atoms with E-state index in [9.17, 15) is 19.5 Å². The summed E-state index contributed by atoms with van der Waals surface area (Å²) in [5.74, 6) is -0.778. The molecular formula is C16H20N2O5. The lowest BCUT2D eigenvalue weighted by atomic mass is 9.90. The number of amides is 2. The predicted molar refractivity (Wildman–Crippen MR) is 79.2 cm³/mol. The summed E-state index contributed by atoms with van der Waals surface area (Å²) < 4.78 is 5.24. The summed E-state index contributed by atoms with van der Waals surface area (Å²) in [4.78, 5) is 39.2. The van der Waals surface area contributed by atoms with Crippen LogP contribution in [0.25, 0.3) is 0 Å². The molecule has 0 aromatic carbocycles. The van der Waals surface area contributed by atoms with Gasteiger partial charge in [-0.05, 0) is 25.5 Å². The Hall–Kier alpha value is -2.31. The molecule has 2 saturated heterocycles. The average Bonchev–Trinajstić information content (AvgIpc) is 3.21. The van der Waals surface area contributed by atoms with Gasteiger partial charge in [-0.25, -0.2) is 0 Å². The van der Waals surface area contributed by atoms with Crippen molar-refractivity contribution < 1.29 is 23.9 Å². The summed E-state index contributed by atoms with van der Waals surface area (Å²) in [6.45, 7) is 3.03. The number of hydrogen-bond donors (Lipinski definition) is 1. The summed E-state index contributed by atoms with van der Waals surface area (Å²) in [7, 11) is 0. The van der Waals surface area contributed by atoms with Crippen LogP contribution in [0.15, 0.2) is 22.8 Å². The van der Waals surface area contributed by atoms with E-state index < -0.39 is 17.3 Å². The first kappa shape index (κ1) is 15.6. The van der Waals surface area contributed by atoms with E-state index in [0.717, 1.165) is 0 Å². The monoisotopic (exact) mass is 320 g/mol. The van der Waals surface area contributed by atoms with E-state index in [1.165, 1.54) is 0 Å². The quantitative estimate of drug-likeness (QED) is 0.892. The Morgan fingerprint density at radius 2 is 2.26 bits per heavy atom. The first-order chi connectivity index (χ1) is 10.9. The van der Waals surface area contributed by atoms with Gasteiger partial charge >= 0.3 is 5.97 Å². The van der Waals surface area contributed by atoms with Crippen molar-refractivity contribution in [3.05, 3.63) is 24.2 Å². The first-order valence-corrected chi connectivity index (χ1v) is 7.71. The smallest absolute Gasteiger partial charge is 0.311 e. The third kappa shape index (κ3) is 2.95. The fourth-order valence-corrected chi connectivity index (χ4v) is 3.26.